The molecule has 0 aromatic heterocycles. The predicted molar refractivity (Wildman–Crippen MR) is 119 cm³/mol. The van der Waals surface area contributed by atoms with Crippen LogP contribution in [-0.2, 0) is 15.7 Å². The van der Waals surface area contributed by atoms with Crippen molar-refractivity contribution in [1.29, 1.82) is 0 Å². The van der Waals surface area contributed by atoms with E-state index in [4.69, 9.17) is 10.6 Å². The van der Waals surface area contributed by atoms with E-state index in [1.807, 2.05) is 6.92 Å². The van der Waals surface area contributed by atoms with Crippen molar-refractivity contribution in [3.05, 3.63) is 69.8 Å². The molecule has 3 N–H and O–H groups in total. The zero-order valence-corrected chi connectivity index (χ0v) is 18.8. The molecule has 1 aliphatic rings. The lowest BCUT2D eigenvalue weighted by atomic mass is 9.62. The summed E-state index contributed by atoms with van der Waals surface area (Å²) >= 11 is 0. The Morgan fingerprint density at radius 1 is 0.967 bits per heavy atom. The van der Waals surface area contributed by atoms with E-state index in [1.165, 1.54) is 11.1 Å². The van der Waals surface area contributed by atoms with Gasteiger partial charge in [0.15, 0.2) is 5.78 Å². The van der Waals surface area contributed by atoms with Crippen molar-refractivity contribution in [2.24, 2.45) is 5.73 Å². The van der Waals surface area contributed by atoms with E-state index < -0.39 is 12.1 Å². The number of ketones is 1. The number of hydroxylamine groups is 1. The molecule has 0 heterocycles. The first-order valence-electron chi connectivity index (χ1n) is 10.4. The van der Waals surface area contributed by atoms with Crippen molar-refractivity contribution in [3.8, 4) is 0 Å². The molecule has 30 heavy (non-hydrogen) atoms. The van der Waals surface area contributed by atoms with E-state index in [-0.39, 0.29) is 16.6 Å². The summed E-state index contributed by atoms with van der Waals surface area (Å²) in [6.45, 7) is 12.7. The molecule has 0 fully saturated rings. The smallest absolute Gasteiger partial charge is 0.274 e. The summed E-state index contributed by atoms with van der Waals surface area (Å²) in [6.07, 6.45) is 1.63. The Labute approximate surface area is 179 Å². The summed E-state index contributed by atoms with van der Waals surface area (Å²) in [5.74, 6) is -0.437. The SMILES string of the molecule is Cc1cc2c(cc1C(=O)c1ccc(C(=O)NOC(C)N)cc1)C(C)(C)CCC2(C)C. The van der Waals surface area contributed by atoms with Crippen molar-refractivity contribution in [2.45, 2.75) is 71.4 Å². The molecule has 1 unspecified atom stereocenters. The van der Waals surface area contributed by atoms with E-state index >= 15 is 0 Å². The highest BCUT2D eigenvalue weighted by Crippen LogP contribution is 2.46. The lowest BCUT2D eigenvalue weighted by Crippen LogP contribution is -2.34. The molecule has 0 radical (unpaired) electrons. The molecule has 2 aromatic rings. The lowest BCUT2D eigenvalue weighted by Gasteiger charge is -2.42. The Morgan fingerprint density at radius 3 is 2.00 bits per heavy atom. The first-order valence-corrected chi connectivity index (χ1v) is 10.4. The fourth-order valence-corrected chi connectivity index (χ4v) is 4.10. The molecule has 160 valence electrons. The van der Waals surface area contributed by atoms with Crippen LogP contribution >= 0.6 is 0 Å². The van der Waals surface area contributed by atoms with Gasteiger partial charge in [-0.25, -0.2) is 5.48 Å². The summed E-state index contributed by atoms with van der Waals surface area (Å²) in [7, 11) is 0. The number of hydrogen-bond donors (Lipinski definition) is 2. The number of benzene rings is 2. The number of carbonyl (C=O) groups excluding carboxylic acids is 2. The van der Waals surface area contributed by atoms with Crippen LogP contribution in [0.25, 0.3) is 0 Å². The minimum absolute atomic E-state index is 0.0340. The van der Waals surface area contributed by atoms with E-state index in [2.05, 4.69) is 45.3 Å². The average Bonchev–Trinajstić information content (AvgIpc) is 2.69. The summed E-state index contributed by atoms with van der Waals surface area (Å²) in [6, 6.07) is 10.9. The van der Waals surface area contributed by atoms with Gasteiger partial charge in [0.25, 0.3) is 5.91 Å². The fourth-order valence-electron chi connectivity index (χ4n) is 4.10. The second-order valence-electron chi connectivity index (χ2n) is 9.64. The Bertz CT molecular complexity index is 973. The van der Waals surface area contributed by atoms with Crippen molar-refractivity contribution in [2.75, 3.05) is 0 Å². The fraction of sp³-hybridized carbons (Fsp3) is 0.440. The Hall–Kier alpha value is -2.50. The molecule has 0 aliphatic heterocycles. The largest absolute Gasteiger partial charge is 0.304 e. The monoisotopic (exact) mass is 408 g/mol. The van der Waals surface area contributed by atoms with Gasteiger partial charge in [-0.3, -0.25) is 14.4 Å². The number of nitrogens with one attached hydrogen (secondary N) is 1. The van der Waals surface area contributed by atoms with Gasteiger partial charge in [0.2, 0.25) is 0 Å². The summed E-state index contributed by atoms with van der Waals surface area (Å²) in [5, 5.41) is 0. The van der Waals surface area contributed by atoms with Crippen LogP contribution in [-0.4, -0.2) is 17.9 Å². The topological polar surface area (TPSA) is 81.4 Å². The molecule has 0 saturated carbocycles. The van der Waals surface area contributed by atoms with Gasteiger partial charge in [0, 0.05) is 16.7 Å². The highest BCUT2D eigenvalue weighted by atomic mass is 16.7. The van der Waals surface area contributed by atoms with E-state index in [0.717, 1.165) is 24.0 Å². The maximum absolute atomic E-state index is 13.3. The number of amides is 1. The molecule has 1 aliphatic carbocycles. The molecule has 5 nitrogen and oxygen atoms in total. The third-order valence-corrected chi connectivity index (χ3v) is 6.19. The standard InChI is InChI=1S/C25H32N2O3/c1-15-13-20-21(25(5,6)12-11-24(20,3)4)14-19(15)22(28)17-7-9-18(10-8-17)23(29)27-30-16(2)26/h7-10,13-14,16H,11-12,26H2,1-6H3,(H,27,29). The molecule has 1 atom stereocenters. The molecule has 0 bridgehead atoms. The van der Waals surface area contributed by atoms with Crippen LogP contribution in [0, 0.1) is 6.92 Å². The molecule has 5 heteroatoms. The van der Waals surface area contributed by atoms with Crippen molar-refractivity contribution in [3.63, 3.8) is 0 Å². The number of fused-ring (bicyclic) bond motifs is 1. The average molecular weight is 409 g/mol. The van der Waals surface area contributed by atoms with Crippen molar-refractivity contribution >= 4 is 11.7 Å². The van der Waals surface area contributed by atoms with Gasteiger partial charge < -0.3 is 5.73 Å². The Kier molecular flexibility index (Phi) is 5.89. The van der Waals surface area contributed by atoms with Crippen LogP contribution in [0.2, 0.25) is 0 Å². The van der Waals surface area contributed by atoms with Crippen LogP contribution < -0.4 is 11.2 Å². The van der Waals surface area contributed by atoms with Gasteiger partial charge in [0.1, 0.15) is 6.23 Å². The van der Waals surface area contributed by atoms with Crippen LogP contribution in [0.15, 0.2) is 36.4 Å². The summed E-state index contributed by atoms with van der Waals surface area (Å²) in [4.78, 5) is 30.3. The van der Waals surface area contributed by atoms with E-state index in [9.17, 15) is 9.59 Å². The first kappa shape index (κ1) is 22.2. The molecular weight excluding hydrogens is 376 g/mol. The Morgan fingerprint density at radius 2 is 1.47 bits per heavy atom. The quantitative estimate of drug-likeness (QED) is 0.432. The third kappa shape index (κ3) is 4.32. The summed E-state index contributed by atoms with van der Waals surface area (Å²) in [5.41, 5.74) is 13.2. The lowest BCUT2D eigenvalue weighted by molar-refractivity contribution is -0.00489. The van der Waals surface area contributed by atoms with Crippen LogP contribution in [0.4, 0.5) is 0 Å². The van der Waals surface area contributed by atoms with E-state index in [0.29, 0.717) is 11.1 Å². The molecule has 1 amide bonds. The minimum atomic E-state index is -0.601. The first-order chi connectivity index (χ1) is 13.9. The second kappa shape index (κ2) is 7.97. The second-order valence-corrected chi connectivity index (χ2v) is 9.64. The number of carbonyl (C=O) groups is 2. The normalized spacial score (nSPS) is 17.7. The number of rotatable bonds is 5. The molecule has 2 aromatic carbocycles. The zero-order chi connectivity index (χ0) is 22.3. The van der Waals surface area contributed by atoms with Crippen molar-refractivity contribution < 1.29 is 14.4 Å². The maximum atomic E-state index is 13.3. The van der Waals surface area contributed by atoms with E-state index in [1.54, 1.807) is 31.2 Å². The highest BCUT2D eigenvalue weighted by Gasteiger charge is 2.37. The van der Waals surface area contributed by atoms with Gasteiger partial charge in [-0.15, -0.1) is 0 Å². The molecule has 0 spiro atoms. The maximum Gasteiger partial charge on any atom is 0.274 e. The van der Waals surface area contributed by atoms with Crippen LogP contribution in [0.1, 0.15) is 90.4 Å². The van der Waals surface area contributed by atoms with Crippen molar-refractivity contribution in [1.82, 2.24) is 5.48 Å². The molecule has 3 rings (SSSR count). The predicted octanol–water partition coefficient (Wildman–Crippen LogP) is 4.54. The minimum Gasteiger partial charge on any atom is -0.304 e. The highest BCUT2D eigenvalue weighted by molar-refractivity contribution is 6.10. The van der Waals surface area contributed by atoms with Crippen LogP contribution in [0.5, 0.6) is 0 Å². The number of nitrogens with two attached hydrogens (primary N) is 1. The number of aryl methyl sites for hydroxylation is 1. The van der Waals surface area contributed by atoms with Crippen LogP contribution in [0.3, 0.4) is 0 Å². The number of hydrogen-bond acceptors (Lipinski definition) is 4. The Balaban J connectivity index is 1.91. The van der Waals surface area contributed by atoms with Gasteiger partial charge in [-0.2, -0.15) is 0 Å². The van der Waals surface area contributed by atoms with Gasteiger partial charge in [0.05, 0.1) is 0 Å². The third-order valence-electron chi connectivity index (χ3n) is 6.19. The zero-order valence-electron chi connectivity index (χ0n) is 18.8. The van der Waals surface area contributed by atoms with Gasteiger partial charge in [-0.05, 0) is 72.4 Å². The van der Waals surface area contributed by atoms with Gasteiger partial charge in [-0.1, -0.05) is 45.9 Å². The molecule has 0 saturated heterocycles. The summed E-state index contributed by atoms with van der Waals surface area (Å²) < 4.78 is 0. The molecular formula is C25H32N2O3. The van der Waals surface area contributed by atoms with Gasteiger partial charge >= 0.3 is 0 Å².